The van der Waals surface area contributed by atoms with Gasteiger partial charge in [0.25, 0.3) is 16.8 Å². The number of nitrogen functional groups attached to an aromatic ring is 1. The Balaban J connectivity index is 0.000000182. The van der Waals surface area contributed by atoms with Gasteiger partial charge in [0.05, 0.1) is 40.2 Å². The number of nitro benzene ring substituents is 1. The van der Waals surface area contributed by atoms with Gasteiger partial charge in [-0.15, -0.1) is 22.7 Å². The first kappa shape index (κ1) is 59.6. The van der Waals surface area contributed by atoms with Crippen LogP contribution in [-0.2, 0) is 39.3 Å². The van der Waals surface area contributed by atoms with Crippen LogP contribution in [0.5, 0.6) is 0 Å². The molecule has 20 heteroatoms. The second-order valence-corrected chi connectivity index (χ2v) is 23.0. The SMILES string of the molecule is CN(Cc1ccccc1)Cc1c(-c2ccc(N)cc2)sc2c1c(=O)n(-c1ccccc1)c(=O)n2Cc1c(F)cccc1F.CN(Cc1ccccc1)Cc1c(-c2ccc([N+](=O)[O-])cc2)sc2c1c(=O)n(-c1ccccc1)c(=O)n2Cc1c(F)cccc1F. The van der Waals surface area contributed by atoms with E-state index in [1.54, 1.807) is 84.9 Å². The Kier molecular flexibility index (Phi) is 17.5. The zero-order valence-corrected chi connectivity index (χ0v) is 49.0. The van der Waals surface area contributed by atoms with Gasteiger partial charge >= 0.3 is 11.4 Å². The quantitative estimate of drug-likeness (QED) is 0.0404. The van der Waals surface area contributed by atoms with Crippen LogP contribution in [0, 0.1) is 33.4 Å². The number of benzene rings is 8. The minimum Gasteiger partial charge on any atom is -0.399 e. The Bertz CT molecular complexity index is 4750. The van der Waals surface area contributed by atoms with Gasteiger partial charge in [0.1, 0.15) is 32.9 Å². The van der Waals surface area contributed by atoms with E-state index in [1.165, 1.54) is 44.7 Å². The van der Waals surface area contributed by atoms with Crippen molar-refractivity contribution in [2.75, 3.05) is 19.8 Å². The summed E-state index contributed by atoms with van der Waals surface area (Å²) in [6.45, 7) is 0.974. The van der Waals surface area contributed by atoms with Crippen LogP contribution in [0.3, 0.4) is 0 Å². The molecule has 0 aliphatic rings. The van der Waals surface area contributed by atoms with Gasteiger partial charge in [-0.25, -0.2) is 36.3 Å². The molecular weight excluding hydrogens is 1160 g/mol. The summed E-state index contributed by atoms with van der Waals surface area (Å²) in [6, 6.07) is 57.0. The van der Waals surface area contributed by atoms with Crippen molar-refractivity contribution < 1.29 is 22.5 Å². The van der Waals surface area contributed by atoms with Crippen molar-refractivity contribution in [1.29, 1.82) is 0 Å². The van der Waals surface area contributed by atoms with Gasteiger partial charge in [-0.3, -0.25) is 38.6 Å². The molecule has 8 aromatic carbocycles. The fourth-order valence-corrected chi connectivity index (χ4v) is 13.3. The van der Waals surface area contributed by atoms with E-state index in [0.29, 0.717) is 62.9 Å². The van der Waals surface area contributed by atoms with Gasteiger partial charge in [-0.1, -0.05) is 121 Å². The Morgan fingerprint density at radius 3 is 1.14 bits per heavy atom. The molecule has 0 saturated heterocycles. The number of para-hydroxylation sites is 2. The fourth-order valence-electron chi connectivity index (χ4n) is 10.7. The Morgan fingerprint density at radius 1 is 0.443 bits per heavy atom. The van der Waals surface area contributed by atoms with Crippen molar-refractivity contribution in [2.45, 2.75) is 39.3 Å². The van der Waals surface area contributed by atoms with Crippen LogP contribution in [-0.4, -0.2) is 47.1 Å². The molecule has 442 valence electrons. The molecule has 12 rings (SSSR count). The number of hydrogen-bond donors (Lipinski definition) is 1. The van der Waals surface area contributed by atoms with Crippen LogP contribution < -0.4 is 28.2 Å². The van der Waals surface area contributed by atoms with Gasteiger partial charge in [0.15, 0.2) is 0 Å². The van der Waals surface area contributed by atoms with Crippen LogP contribution in [0.1, 0.15) is 33.4 Å². The fraction of sp³-hybridized carbons (Fsp3) is 0.118. The van der Waals surface area contributed by atoms with Crippen molar-refractivity contribution in [2.24, 2.45) is 0 Å². The average molecular weight is 1220 g/mol. The van der Waals surface area contributed by atoms with Crippen LogP contribution in [0.2, 0.25) is 0 Å². The van der Waals surface area contributed by atoms with E-state index in [4.69, 9.17) is 5.73 Å². The number of nitrogens with zero attached hydrogens (tertiary/aromatic N) is 7. The maximum Gasteiger partial charge on any atom is 0.337 e. The molecule has 4 heterocycles. The van der Waals surface area contributed by atoms with E-state index in [0.717, 1.165) is 71.9 Å². The highest BCUT2D eigenvalue weighted by molar-refractivity contribution is 7.22. The van der Waals surface area contributed by atoms with Crippen LogP contribution in [0.15, 0.2) is 225 Å². The number of fused-ring (bicyclic) bond motifs is 2. The molecule has 14 nitrogen and oxygen atoms in total. The molecule has 88 heavy (non-hydrogen) atoms. The van der Waals surface area contributed by atoms with E-state index >= 15 is 0 Å². The summed E-state index contributed by atoms with van der Waals surface area (Å²) >= 11 is 2.40. The third kappa shape index (κ3) is 12.3. The summed E-state index contributed by atoms with van der Waals surface area (Å²) in [4.78, 5) is 73.7. The minimum absolute atomic E-state index is 0.0963. The molecular formula is C68H54F4N8O6S2. The zero-order valence-electron chi connectivity index (χ0n) is 47.4. The summed E-state index contributed by atoms with van der Waals surface area (Å²) in [6.07, 6.45) is 0. The van der Waals surface area contributed by atoms with Crippen molar-refractivity contribution in [3.8, 4) is 32.3 Å². The summed E-state index contributed by atoms with van der Waals surface area (Å²) < 4.78 is 64.3. The molecule has 2 N–H and O–H groups in total. The van der Waals surface area contributed by atoms with Crippen molar-refractivity contribution in [3.05, 3.63) is 315 Å². The second-order valence-electron chi connectivity index (χ2n) is 21.0. The lowest BCUT2D eigenvalue weighted by atomic mass is 10.1. The summed E-state index contributed by atoms with van der Waals surface area (Å²) in [7, 11) is 3.86. The van der Waals surface area contributed by atoms with Crippen LogP contribution in [0.4, 0.5) is 28.9 Å². The van der Waals surface area contributed by atoms with Crippen molar-refractivity contribution >= 4 is 54.5 Å². The lowest BCUT2D eigenvalue weighted by Gasteiger charge is -2.18. The maximum absolute atomic E-state index is 14.9. The van der Waals surface area contributed by atoms with Crippen LogP contribution in [0.25, 0.3) is 52.7 Å². The molecule has 0 bridgehead atoms. The molecule has 12 aromatic rings. The predicted octanol–water partition coefficient (Wildman–Crippen LogP) is 13.2. The number of halogens is 4. The van der Waals surface area contributed by atoms with E-state index in [2.05, 4.69) is 4.90 Å². The minimum atomic E-state index is -0.817. The Morgan fingerprint density at radius 2 is 0.784 bits per heavy atom. The average Bonchev–Trinajstić information content (AvgIpc) is 1.59. The highest BCUT2D eigenvalue weighted by Gasteiger charge is 2.28. The number of nitrogens with two attached hydrogens (primary N) is 1. The summed E-state index contributed by atoms with van der Waals surface area (Å²) in [5.41, 5.74) is 8.98. The standard InChI is InChI=1S/C34H26F2N4O4S.C34H28F2N4O2S/c1-37(19-22-9-4-2-5-10-22)20-27-30-32(41)39(24-11-6-3-7-12-24)34(42)38(21-26-28(35)13-8-14-29(26)36)33(30)45-31(27)23-15-17-25(18-16-23)40(43)44;1-38(19-22-9-4-2-5-10-22)20-27-30-32(41)40(25-11-6-3-7-12-25)34(42)39(21-26-28(35)13-8-14-29(26)36)33(30)43-31(27)23-15-17-24(37)18-16-23/h2-18H,19-21H2,1H3;2-18H,19-21,37H2,1H3. The van der Waals surface area contributed by atoms with E-state index in [1.807, 2.05) is 91.8 Å². The van der Waals surface area contributed by atoms with E-state index < -0.39 is 57.2 Å². The van der Waals surface area contributed by atoms with E-state index in [-0.39, 0.29) is 40.1 Å². The number of nitro groups is 1. The van der Waals surface area contributed by atoms with Gasteiger partial charge in [-0.2, -0.15) is 0 Å². The largest absolute Gasteiger partial charge is 0.399 e. The molecule has 4 aromatic heterocycles. The number of thiophene rings is 2. The number of non-ortho nitro benzene ring substituents is 1. The van der Waals surface area contributed by atoms with E-state index in [9.17, 15) is 46.9 Å². The van der Waals surface area contributed by atoms with Gasteiger partial charge in [-0.05, 0) is 120 Å². The van der Waals surface area contributed by atoms with Crippen molar-refractivity contribution in [3.63, 3.8) is 0 Å². The first-order valence-electron chi connectivity index (χ1n) is 27.7. The van der Waals surface area contributed by atoms with Crippen molar-refractivity contribution in [1.82, 2.24) is 28.1 Å². The highest BCUT2D eigenvalue weighted by atomic mass is 32.1. The Hall–Kier alpha value is -10.1. The number of rotatable bonds is 17. The van der Waals surface area contributed by atoms with Crippen LogP contribution >= 0.6 is 22.7 Å². The lowest BCUT2D eigenvalue weighted by Crippen LogP contribution is -2.39. The summed E-state index contributed by atoms with van der Waals surface area (Å²) in [5, 5.41) is 11.9. The summed E-state index contributed by atoms with van der Waals surface area (Å²) in [5.74, 6) is -3.17. The number of aromatic nitrogens is 4. The third-order valence-electron chi connectivity index (χ3n) is 14.9. The molecule has 0 atom stereocenters. The highest BCUT2D eigenvalue weighted by Crippen LogP contribution is 2.41. The first-order chi connectivity index (χ1) is 42.5. The zero-order chi connectivity index (χ0) is 61.8. The molecule has 0 spiro atoms. The molecule has 0 amide bonds. The Labute approximate surface area is 508 Å². The molecule has 0 radical (unpaired) electrons. The third-order valence-corrected chi connectivity index (χ3v) is 17.5. The topological polar surface area (TPSA) is 164 Å². The first-order valence-corrected chi connectivity index (χ1v) is 29.3. The second kappa shape index (κ2) is 25.8. The molecule has 0 fully saturated rings. The molecule has 0 unspecified atom stereocenters. The molecule has 0 aliphatic heterocycles. The normalized spacial score (nSPS) is 11.4. The number of hydrogen-bond acceptors (Lipinski definition) is 11. The lowest BCUT2D eigenvalue weighted by molar-refractivity contribution is -0.384. The molecule has 0 aliphatic carbocycles. The smallest absolute Gasteiger partial charge is 0.337 e. The monoisotopic (exact) mass is 1220 g/mol. The van der Waals surface area contributed by atoms with Gasteiger partial charge < -0.3 is 5.73 Å². The van der Waals surface area contributed by atoms with Gasteiger partial charge in [0.2, 0.25) is 0 Å². The molecule has 0 saturated carbocycles. The maximum atomic E-state index is 14.9. The van der Waals surface area contributed by atoms with Gasteiger partial charge in [0, 0.05) is 64.9 Å². The number of anilines is 1. The predicted molar refractivity (Wildman–Crippen MR) is 339 cm³/mol.